The molecule has 272 valence electrons. The minimum atomic E-state index is 0.618. The second kappa shape index (κ2) is 34.1. The molecular weight excluding hydrogens is 556 g/mol. The highest BCUT2D eigenvalue weighted by Crippen LogP contribution is 2.27. The molecule has 2 nitrogen and oxygen atoms in total. The maximum atomic E-state index is 3.76. The average Bonchev–Trinajstić information content (AvgIpc) is 3.56. The molecule has 2 unspecified atom stereocenters. The Bertz CT molecular complexity index is 709. The van der Waals surface area contributed by atoms with E-state index >= 15 is 0 Å². The zero-order valence-corrected chi connectivity index (χ0v) is 32.5. The van der Waals surface area contributed by atoms with Crippen LogP contribution in [0, 0.1) is 0 Å². The van der Waals surface area contributed by atoms with Crippen molar-refractivity contribution >= 4 is 0 Å². The quantitative estimate of drug-likeness (QED) is 0.0550. The molecule has 0 fully saturated rings. The first-order chi connectivity index (χ1) is 22.7. The van der Waals surface area contributed by atoms with E-state index < -0.39 is 0 Å². The number of aromatic amines is 1. The number of hydrogen-bond acceptors (Lipinski definition) is 0. The van der Waals surface area contributed by atoms with Crippen molar-refractivity contribution in [1.29, 1.82) is 0 Å². The first kappa shape index (κ1) is 43.2. The van der Waals surface area contributed by atoms with Crippen molar-refractivity contribution < 1.29 is 4.57 Å². The number of H-pyrrole nitrogens is 1. The van der Waals surface area contributed by atoms with Crippen molar-refractivity contribution in [3.63, 3.8) is 0 Å². The van der Waals surface area contributed by atoms with Crippen LogP contribution in [0.15, 0.2) is 12.4 Å². The van der Waals surface area contributed by atoms with Crippen molar-refractivity contribution in [2.24, 2.45) is 0 Å². The van der Waals surface area contributed by atoms with Crippen LogP contribution in [0.25, 0.3) is 0 Å². The third kappa shape index (κ3) is 25.3. The van der Waals surface area contributed by atoms with Gasteiger partial charge in [-0.3, -0.25) is 0 Å². The fourth-order valence-corrected chi connectivity index (χ4v) is 7.66. The third-order valence-electron chi connectivity index (χ3n) is 10.9. The summed E-state index contributed by atoms with van der Waals surface area (Å²) >= 11 is 0. The topological polar surface area (TPSA) is 19.7 Å². The number of nitrogens with one attached hydrogen (secondary N) is 1. The van der Waals surface area contributed by atoms with Crippen molar-refractivity contribution in [3.05, 3.63) is 18.2 Å². The maximum absolute atomic E-state index is 3.76. The van der Waals surface area contributed by atoms with Crippen LogP contribution >= 0.6 is 0 Å². The molecule has 0 aliphatic carbocycles. The molecule has 0 aliphatic rings. The summed E-state index contributed by atoms with van der Waals surface area (Å²) in [6, 6.07) is 0.618. The van der Waals surface area contributed by atoms with Crippen LogP contribution in [0.4, 0.5) is 0 Å². The molecular formula is C44H87N2+. The summed E-state index contributed by atoms with van der Waals surface area (Å²) in [4.78, 5) is 3.76. The summed E-state index contributed by atoms with van der Waals surface area (Å²) in [6.07, 6.45) is 54.6. The fraction of sp³-hybridized carbons (Fsp3) is 0.932. The van der Waals surface area contributed by atoms with Crippen LogP contribution in [-0.4, -0.2) is 4.98 Å². The average molecular weight is 644 g/mol. The predicted molar refractivity (Wildman–Crippen MR) is 207 cm³/mol. The largest absolute Gasteiger partial charge is 0.257 e. The smallest absolute Gasteiger partial charge is 0.247 e. The lowest BCUT2D eigenvalue weighted by Gasteiger charge is -2.17. The minimum absolute atomic E-state index is 0.618. The molecule has 1 N–H and O–H groups in total. The van der Waals surface area contributed by atoms with Gasteiger partial charge in [-0.25, -0.2) is 9.55 Å². The number of unbranched alkanes of at least 4 members (excludes halogenated alkanes) is 29. The summed E-state index contributed by atoms with van der Waals surface area (Å²) in [5.41, 5.74) is 0. The molecule has 0 amide bonds. The van der Waals surface area contributed by atoms with Gasteiger partial charge in [-0.05, 0) is 32.6 Å². The van der Waals surface area contributed by atoms with Gasteiger partial charge in [0.05, 0.1) is 12.0 Å². The Balaban J connectivity index is 2.33. The van der Waals surface area contributed by atoms with Crippen LogP contribution in [-0.2, 0) is 0 Å². The Hall–Kier alpha value is -0.790. The number of aromatic nitrogens is 2. The van der Waals surface area contributed by atoms with Crippen molar-refractivity contribution in [3.8, 4) is 0 Å². The van der Waals surface area contributed by atoms with E-state index in [1.807, 2.05) is 0 Å². The van der Waals surface area contributed by atoms with E-state index in [2.05, 4.69) is 49.6 Å². The molecule has 0 bridgehead atoms. The lowest BCUT2D eigenvalue weighted by atomic mass is 9.92. The van der Waals surface area contributed by atoms with Crippen LogP contribution in [0.3, 0.4) is 0 Å². The SMILES string of the molecule is CCCCCCCCCCCCCCCCCC(C)[n+]1cc[nH]c1C(CCCCCCCCCC)CCCCCCCCCCC. The molecule has 1 aromatic heterocycles. The molecule has 0 aromatic carbocycles. The molecule has 1 rings (SSSR count). The van der Waals surface area contributed by atoms with Gasteiger partial charge in [0.2, 0.25) is 0 Å². The van der Waals surface area contributed by atoms with E-state index in [1.165, 1.54) is 231 Å². The van der Waals surface area contributed by atoms with Crippen molar-refractivity contribution in [1.82, 2.24) is 4.98 Å². The Labute approximate surface area is 291 Å². The molecule has 46 heavy (non-hydrogen) atoms. The van der Waals surface area contributed by atoms with E-state index in [0.717, 1.165) is 0 Å². The van der Waals surface area contributed by atoms with Gasteiger partial charge in [-0.2, -0.15) is 0 Å². The molecule has 0 radical (unpaired) electrons. The first-order valence-corrected chi connectivity index (χ1v) is 21.8. The Kier molecular flexibility index (Phi) is 32.0. The molecule has 2 heteroatoms. The van der Waals surface area contributed by atoms with Crippen LogP contribution in [0.5, 0.6) is 0 Å². The predicted octanol–water partition coefficient (Wildman–Crippen LogP) is 15.7. The summed E-state index contributed by atoms with van der Waals surface area (Å²) < 4.78 is 2.65. The highest BCUT2D eigenvalue weighted by Gasteiger charge is 2.25. The molecule has 1 heterocycles. The van der Waals surface area contributed by atoms with Crippen LogP contribution in [0.2, 0.25) is 0 Å². The molecule has 1 aromatic rings. The van der Waals surface area contributed by atoms with Crippen LogP contribution in [0.1, 0.15) is 270 Å². The second-order valence-electron chi connectivity index (χ2n) is 15.4. The molecule has 0 saturated carbocycles. The monoisotopic (exact) mass is 644 g/mol. The van der Waals surface area contributed by atoms with Crippen molar-refractivity contribution in [2.45, 2.75) is 264 Å². The number of rotatable bonds is 37. The normalized spacial score (nSPS) is 13.0. The number of hydrogen-bond donors (Lipinski definition) is 1. The van der Waals surface area contributed by atoms with Gasteiger partial charge < -0.3 is 0 Å². The minimum Gasteiger partial charge on any atom is -0.247 e. The van der Waals surface area contributed by atoms with Crippen LogP contribution < -0.4 is 4.57 Å². The van der Waals surface area contributed by atoms with E-state index in [0.29, 0.717) is 12.0 Å². The highest BCUT2D eigenvalue weighted by molar-refractivity contribution is 4.90. The van der Waals surface area contributed by atoms with E-state index in [4.69, 9.17) is 0 Å². The Morgan fingerprint density at radius 3 is 1.02 bits per heavy atom. The Morgan fingerprint density at radius 1 is 0.413 bits per heavy atom. The first-order valence-electron chi connectivity index (χ1n) is 21.8. The maximum Gasteiger partial charge on any atom is 0.257 e. The number of imidazole rings is 1. The van der Waals surface area contributed by atoms with Gasteiger partial charge >= 0.3 is 0 Å². The summed E-state index contributed by atoms with van der Waals surface area (Å²) in [5.74, 6) is 2.25. The van der Waals surface area contributed by atoms with Gasteiger partial charge in [-0.1, -0.05) is 220 Å². The van der Waals surface area contributed by atoms with E-state index in [-0.39, 0.29) is 0 Å². The van der Waals surface area contributed by atoms with Gasteiger partial charge in [-0.15, -0.1) is 0 Å². The summed E-state index contributed by atoms with van der Waals surface area (Å²) in [7, 11) is 0. The lowest BCUT2D eigenvalue weighted by Crippen LogP contribution is -2.41. The lowest BCUT2D eigenvalue weighted by molar-refractivity contribution is -0.727. The standard InChI is InChI=1S/C44H86N2/c1-5-8-11-14-17-20-21-22-23-24-25-27-28-31-34-37-42(4)46-41-40-45-44(46)43(38-35-32-29-19-16-13-10-7-3)39-36-33-30-26-18-15-12-9-6-2/h40-43H,5-39H2,1-4H3/p+1. The zero-order chi connectivity index (χ0) is 33.2. The fourth-order valence-electron chi connectivity index (χ4n) is 7.66. The number of nitrogens with zero attached hydrogens (tertiary/aromatic N) is 1. The molecule has 2 atom stereocenters. The van der Waals surface area contributed by atoms with E-state index in [1.54, 1.807) is 0 Å². The zero-order valence-electron chi connectivity index (χ0n) is 32.5. The van der Waals surface area contributed by atoms with Gasteiger partial charge in [0.1, 0.15) is 12.4 Å². The summed E-state index contributed by atoms with van der Waals surface area (Å²) in [6.45, 7) is 9.43. The summed E-state index contributed by atoms with van der Waals surface area (Å²) in [5, 5.41) is 0. The molecule has 0 spiro atoms. The van der Waals surface area contributed by atoms with Gasteiger partial charge in [0, 0.05) is 0 Å². The molecule has 0 saturated heterocycles. The molecule has 0 aliphatic heterocycles. The van der Waals surface area contributed by atoms with Crippen molar-refractivity contribution in [2.75, 3.05) is 0 Å². The second-order valence-corrected chi connectivity index (χ2v) is 15.4. The third-order valence-corrected chi connectivity index (χ3v) is 10.9. The highest BCUT2D eigenvalue weighted by atomic mass is 15.1. The van der Waals surface area contributed by atoms with Gasteiger partial charge in [0.25, 0.3) is 5.82 Å². The Morgan fingerprint density at radius 2 is 0.696 bits per heavy atom. The van der Waals surface area contributed by atoms with E-state index in [9.17, 15) is 0 Å². The van der Waals surface area contributed by atoms with Gasteiger partial charge in [0.15, 0.2) is 0 Å².